The fourth-order valence-corrected chi connectivity index (χ4v) is 2.06. The van der Waals surface area contributed by atoms with E-state index in [9.17, 15) is 9.59 Å². The van der Waals surface area contributed by atoms with Gasteiger partial charge < -0.3 is 14.2 Å². The summed E-state index contributed by atoms with van der Waals surface area (Å²) in [5.74, 6) is -0.487. The lowest BCUT2D eigenvalue weighted by atomic mass is 9.96. The fourth-order valence-electron chi connectivity index (χ4n) is 2.06. The van der Waals surface area contributed by atoms with Gasteiger partial charge in [-0.3, -0.25) is 9.69 Å². The molecule has 0 aromatic carbocycles. The predicted octanol–water partition coefficient (Wildman–Crippen LogP) is 1.78. The van der Waals surface area contributed by atoms with E-state index in [2.05, 4.69) is 0 Å². The van der Waals surface area contributed by atoms with Gasteiger partial charge in [0.25, 0.3) is 0 Å². The number of carbonyl (C=O) groups is 2. The molecule has 19 heavy (non-hydrogen) atoms. The number of esters is 1. The van der Waals surface area contributed by atoms with Gasteiger partial charge in [0.1, 0.15) is 11.8 Å². The number of rotatable bonds is 2. The summed E-state index contributed by atoms with van der Waals surface area (Å²) in [4.78, 5) is 25.1. The second-order valence-electron chi connectivity index (χ2n) is 5.61. The van der Waals surface area contributed by atoms with Gasteiger partial charge in [0.15, 0.2) is 0 Å². The third-order valence-corrected chi connectivity index (χ3v) is 2.99. The van der Waals surface area contributed by atoms with Crippen LogP contribution in [0, 0.1) is 5.92 Å². The van der Waals surface area contributed by atoms with Crippen LogP contribution in [0.2, 0.25) is 0 Å². The Morgan fingerprint density at radius 1 is 1.21 bits per heavy atom. The van der Waals surface area contributed by atoms with Crippen molar-refractivity contribution in [1.82, 2.24) is 4.90 Å². The molecule has 1 fully saturated rings. The lowest BCUT2D eigenvalue weighted by molar-refractivity contribution is -0.152. The molecule has 0 radical (unpaired) electrons. The minimum Gasteiger partial charge on any atom is -0.469 e. The van der Waals surface area contributed by atoms with Crippen molar-refractivity contribution in [3.8, 4) is 0 Å². The molecule has 0 bridgehead atoms. The molecule has 0 spiro atoms. The Bertz CT molecular complexity index is 336. The lowest BCUT2D eigenvalue weighted by Gasteiger charge is -2.38. The third kappa shape index (κ3) is 4.38. The summed E-state index contributed by atoms with van der Waals surface area (Å²) < 4.78 is 15.3. The molecule has 0 N–H and O–H groups in total. The van der Waals surface area contributed by atoms with E-state index >= 15 is 0 Å². The molecule has 0 aromatic rings. The average Bonchev–Trinajstić information content (AvgIpc) is 2.34. The van der Waals surface area contributed by atoms with Gasteiger partial charge in [0, 0.05) is 20.1 Å². The maximum absolute atomic E-state index is 12.0. The molecule has 2 atom stereocenters. The quantitative estimate of drug-likeness (QED) is 0.717. The molecule has 1 amide bonds. The van der Waals surface area contributed by atoms with Crippen molar-refractivity contribution in [2.24, 2.45) is 5.92 Å². The van der Waals surface area contributed by atoms with Gasteiger partial charge in [0.05, 0.1) is 13.0 Å². The van der Waals surface area contributed by atoms with Gasteiger partial charge >= 0.3 is 12.1 Å². The molecule has 6 heteroatoms. The maximum atomic E-state index is 12.0. The Balaban J connectivity index is 2.67. The summed E-state index contributed by atoms with van der Waals surface area (Å²) in [6, 6.07) is 0. The van der Waals surface area contributed by atoms with Crippen LogP contribution in [-0.4, -0.2) is 49.6 Å². The highest BCUT2D eigenvalue weighted by Crippen LogP contribution is 2.26. The van der Waals surface area contributed by atoms with E-state index in [-0.39, 0.29) is 11.9 Å². The monoisotopic (exact) mass is 273 g/mol. The van der Waals surface area contributed by atoms with Gasteiger partial charge in [-0.15, -0.1) is 0 Å². The van der Waals surface area contributed by atoms with Crippen molar-refractivity contribution in [1.29, 1.82) is 0 Å². The Morgan fingerprint density at radius 3 is 2.32 bits per heavy atom. The van der Waals surface area contributed by atoms with Crippen LogP contribution in [0.1, 0.15) is 33.6 Å². The lowest BCUT2D eigenvalue weighted by Crippen LogP contribution is -2.50. The number of hydrogen-bond acceptors (Lipinski definition) is 5. The van der Waals surface area contributed by atoms with Gasteiger partial charge in [0.2, 0.25) is 0 Å². The zero-order valence-corrected chi connectivity index (χ0v) is 12.3. The zero-order valence-electron chi connectivity index (χ0n) is 12.3. The summed E-state index contributed by atoms with van der Waals surface area (Å²) >= 11 is 0. The highest BCUT2D eigenvalue weighted by Gasteiger charge is 2.37. The SMILES string of the molecule is COC(=O)C1CCN(C(=O)OC(C)(C)C)[C@H](OC)C1. The number of ether oxygens (including phenoxy) is 3. The first-order valence-corrected chi connectivity index (χ1v) is 6.38. The molecular formula is C13H23NO5. The van der Waals surface area contributed by atoms with Crippen LogP contribution in [-0.2, 0) is 19.0 Å². The van der Waals surface area contributed by atoms with E-state index in [1.54, 1.807) is 0 Å². The summed E-state index contributed by atoms with van der Waals surface area (Å²) in [5.41, 5.74) is -0.547. The van der Waals surface area contributed by atoms with Crippen molar-refractivity contribution in [2.45, 2.75) is 45.4 Å². The van der Waals surface area contributed by atoms with Crippen LogP contribution >= 0.6 is 0 Å². The smallest absolute Gasteiger partial charge is 0.412 e. The second kappa shape index (κ2) is 6.23. The third-order valence-electron chi connectivity index (χ3n) is 2.99. The largest absolute Gasteiger partial charge is 0.469 e. The molecule has 0 aromatic heterocycles. The number of likely N-dealkylation sites (tertiary alicyclic amines) is 1. The molecule has 1 aliphatic rings. The Morgan fingerprint density at radius 2 is 1.84 bits per heavy atom. The molecule has 0 saturated carbocycles. The number of hydrogen-bond donors (Lipinski definition) is 0. The van der Waals surface area contributed by atoms with E-state index in [1.165, 1.54) is 19.1 Å². The molecule has 1 saturated heterocycles. The minimum atomic E-state index is -0.547. The molecule has 1 rings (SSSR count). The highest BCUT2D eigenvalue weighted by molar-refractivity contribution is 5.73. The first-order valence-electron chi connectivity index (χ1n) is 6.38. The predicted molar refractivity (Wildman–Crippen MR) is 68.5 cm³/mol. The van der Waals surface area contributed by atoms with E-state index in [1.807, 2.05) is 20.8 Å². The van der Waals surface area contributed by atoms with Crippen LogP contribution in [0.3, 0.4) is 0 Å². The molecule has 0 aliphatic carbocycles. The summed E-state index contributed by atoms with van der Waals surface area (Å²) in [5, 5.41) is 0. The molecular weight excluding hydrogens is 250 g/mol. The van der Waals surface area contributed by atoms with Gasteiger partial charge in [-0.2, -0.15) is 0 Å². The topological polar surface area (TPSA) is 65.1 Å². The summed E-state index contributed by atoms with van der Waals surface area (Å²) in [6.45, 7) is 5.86. The first kappa shape index (κ1) is 15.8. The van der Waals surface area contributed by atoms with E-state index in [0.29, 0.717) is 19.4 Å². The Labute approximate surface area is 114 Å². The molecule has 6 nitrogen and oxygen atoms in total. The van der Waals surface area contributed by atoms with Gasteiger partial charge in [-0.05, 0) is 27.2 Å². The number of carbonyl (C=O) groups excluding carboxylic acids is 2. The fraction of sp³-hybridized carbons (Fsp3) is 0.846. The normalized spacial score (nSPS) is 23.9. The van der Waals surface area contributed by atoms with E-state index in [4.69, 9.17) is 14.2 Å². The zero-order chi connectivity index (χ0) is 14.6. The maximum Gasteiger partial charge on any atom is 0.412 e. The van der Waals surface area contributed by atoms with E-state index < -0.39 is 17.9 Å². The van der Waals surface area contributed by atoms with Crippen molar-refractivity contribution >= 4 is 12.1 Å². The van der Waals surface area contributed by atoms with Crippen molar-refractivity contribution in [3.63, 3.8) is 0 Å². The standard InChI is InChI=1S/C13H23NO5/c1-13(2,3)19-12(16)14-7-6-9(11(15)18-5)8-10(14)17-4/h9-10H,6-8H2,1-5H3/t9?,10-/m1/s1. The first-order chi connectivity index (χ1) is 8.78. The number of amides is 1. The van der Waals surface area contributed by atoms with Gasteiger partial charge in [-0.25, -0.2) is 4.79 Å². The van der Waals surface area contributed by atoms with Crippen LogP contribution in [0.4, 0.5) is 4.79 Å². The average molecular weight is 273 g/mol. The van der Waals surface area contributed by atoms with Crippen molar-refractivity contribution in [2.75, 3.05) is 20.8 Å². The van der Waals surface area contributed by atoms with Crippen LogP contribution < -0.4 is 0 Å². The molecule has 1 aliphatic heterocycles. The van der Waals surface area contributed by atoms with E-state index in [0.717, 1.165) is 0 Å². The van der Waals surface area contributed by atoms with Crippen molar-refractivity contribution in [3.05, 3.63) is 0 Å². The van der Waals surface area contributed by atoms with Crippen LogP contribution in [0.25, 0.3) is 0 Å². The molecule has 110 valence electrons. The minimum absolute atomic E-state index is 0.228. The van der Waals surface area contributed by atoms with Crippen LogP contribution in [0.15, 0.2) is 0 Å². The molecule has 1 heterocycles. The molecule has 1 unspecified atom stereocenters. The number of methoxy groups -OCH3 is 2. The Kier molecular flexibility index (Phi) is 5.17. The number of piperidine rings is 1. The van der Waals surface area contributed by atoms with Crippen LogP contribution in [0.5, 0.6) is 0 Å². The highest BCUT2D eigenvalue weighted by atomic mass is 16.6. The summed E-state index contributed by atoms with van der Waals surface area (Å²) in [7, 11) is 2.88. The summed E-state index contributed by atoms with van der Waals surface area (Å²) in [6.07, 6.45) is 0.129. The Hall–Kier alpha value is -1.30. The number of nitrogens with zero attached hydrogens (tertiary/aromatic N) is 1. The second-order valence-corrected chi connectivity index (χ2v) is 5.61. The van der Waals surface area contributed by atoms with Crippen molar-refractivity contribution < 1.29 is 23.8 Å². The van der Waals surface area contributed by atoms with Gasteiger partial charge in [-0.1, -0.05) is 0 Å².